The van der Waals surface area contributed by atoms with Gasteiger partial charge in [0.15, 0.2) is 11.5 Å². The van der Waals surface area contributed by atoms with E-state index in [0.29, 0.717) is 31.3 Å². The van der Waals surface area contributed by atoms with Gasteiger partial charge in [-0.25, -0.2) is 4.79 Å². The number of halogens is 3. The molecule has 8 heteroatoms. The van der Waals surface area contributed by atoms with Gasteiger partial charge in [0.05, 0.1) is 22.2 Å². The summed E-state index contributed by atoms with van der Waals surface area (Å²) in [5.41, 5.74) is 2.18. The Hall–Kier alpha value is -2.67. The highest BCUT2D eigenvalue weighted by molar-refractivity contribution is 9.10. The lowest BCUT2D eigenvalue weighted by Gasteiger charge is -2.15. The van der Waals surface area contributed by atoms with E-state index in [0.717, 1.165) is 5.56 Å². The largest absolute Gasteiger partial charge is 0.422 e. The number of benzene rings is 3. The molecule has 0 aliphatic rings. The van der Waals surface area contributed by atoms with E-state index in [1.165, 1.54) is 6.21 Å². The van der Waals surface area contributed by atoms with Gasteiger partial charge in [-0.3, -0.25) is 9.79 Å². The summed E-state index contributed by atoms with van der Waals surface area (Å²) < 4.78 is 11.8. The summed E-state index contributed by atoms with van der Waals surface area (Å²) in [5.74, 6) is -1.31. The summed E-state index contributed by atoms with van der Waals surface area (Å²) in [4.78, 5) is 29.6. The lowest BCUT2D eigenvalue weighted by Crippen LogP contribution is -2.17. The van der Waals surface area contributed by atoms with Crippen LogP contribution in [0.2, 0.25) is 10.0 Å². The second-order valence-corrected chi connectivity index (χ2v) is 9.27. The van der Waals surface area contributed by atoms with Crippen LogP contribution in [0.4, 0.5) is 5.69 Å². The molecule has 0 heterocycles. The number of aliphatic imine (C=N–C) groups is 1. The molecule has 0 amide bonds. The molecule has 170 valence electrons. The summed E-state index contributed by atoms with van der Waals surface area (Å²) in [6, 6.07) is 15.2. The Kier molecular flexibility index (Phi) is 8.30. The van der Waals surface area contributed by atoms with E-state index in [1.807, 2.05) is 13.0 Å². The van der Waals surface area contributed by atoms with Crippen molar-refractivity contribution in [3.05, 3.63) is 85.8 Å². The Balaban J connectivity index is 2.04. The van der Waals surface area contributed by atoms with Gasteiger partial charge in [0.25, 0.3) is 0 Å². The van der Waals surface area contributed by atoms with Crippen molar-refractivity contribution in [3.8, 4) is 11.5 Å². The quantitative estimate of drug-likeness (QED) is 0.181. The molecule has 3 rings (SSSR count). The Labute approximate surface area is 210 Å². The minimum atomic E-state index is -0.581. The summed E-state index contributed by atoms with van der Waals surface area (Å²) in [5, 5.41) is 0.846. The molecular weight excluding hydrogens is 529 g/mol. The minimum absolute atomic E-state index is 0.0757. The fourth-order valence-corrected chi connectivity index (χ4v) is 3.66. The Morgan fingerprint density at radius 2 is 1.79 bits per heavy atom. The van der Waals surface area contributed by atoms with Crippen LogP contribution in [0.5, 0.6) is 11.5 Å². The number of hydrogen-bond acceptors (Lipinski definition) is 5. The van der Waals surface area contributed by atoms with Gasteiger partial charge in [0.2, 0.25) is 0 Å². The van der Waals surface area contributed by atoms with Crippen LogP contribution in [0, 0.1) is 12.8 Å². The van der Waals surface area contributed by atoms with Crippen molar-refractivity contribution in [2.24, 2.45) is 10.9 Å². The molecule has 0 aromatic heterocycles. The number of ether oxygens (including phenoxy) is 2. The van der Waals surface area contributed by atoms with Crippen molar-refractivity contribution in [3.63, 3.8) is 0 Å². The molecule has 3 aromatic carbocycles. The fraction of sp³-hybridized carbons (Fsp3) is 0.160. The fourth-order valence-electron chi connectivity index (χ4n) is 2.74. The molecule has 0 bridgehead atoms. The van der Waals surface area contributed by atoms with Gasteiger partial charge < -0.3 is 9.47 Å². The first kappa shape index (κ1) is 25.0. The number of carbonyl (C=O) groups is 2. The van der Waals surface area contributed by atoms with Gasteiger partial charge in [0.1, 0.15) is 0 Å². The third kappa shape index (κ3) is 6.67. The van der Waals surface area contributed by atoms with Gasteiger partial charge in [0, 0.05) is 21.3 Å². The molecular formula is C25H20BrCl2NO4. The number of rotatable bonds is 6. The maximum Gasteiger partial charge on any atom is 0.343 e. The summed E-state index contributed by atoms with van der Waals surface area (Å²) in [6.07, 6.45) is 1.48. The lowest BCUT2D eigenvalue weighted by atomic mass is 10.1. The van der Waals surface area contributed by atoms with Crippen LogP contribution >= 0.6 is 39.1 Å². The van der Waals surface area contributed by atoms with Crippen molar-refractivity contribution in [2.75, 3.05) is 0 Å². The normalized spacial score (nSPS) is 11.1. The van der Waals surface area contributed by atoms with Gasteiger partial charge in [-0.2, -0.15) is 0 Å². The molecule has 0 saturated carbocycles. The molecule has 3 aromatic rings. The zero-order valence-electron chi connectivity index (χ0n) is 18.1. The first-order chi connectivity index (χ1) is 15.6. The first-order valence-corrected chi connectivity index (χ1v) is 11.5. The van der Waals surface area contributed by atoms with E-state index in [-0.39, 0.29) is 11.5 Å². The standard InChI is InChI=1S/C25H20BrCl2NO4/c1-14(2)24(30)33-23-17(13-29-21-8-7-19(27)12-20(21)28)10-18(26)11-22(23)32-25(31)16-6-4-5-15(3)9-16/h4-14H,1-3H3. The van der Waals surface area contributed by atoms with Crippen LogP contribution in [0.25, 0.3) is 0 Å². The van der Waals surface area contributed by atoms with E-state index in [2.05, 4.69) is 20.9 Å². The Bertz CT molecular complexity index is 1240. The highest BCUT2D eigenvalue weighted by Gasteiger charge is 2.21. The second kappa shape index (κ2) is 11.0. The SMILES string of the molecule is Cc1cccc(C(=O)Oc2cc(Br)cc(C=Nc3ccc(Cl)cc3Cl)c2OC(=O)C(C)C)c1. The van der Waals surface area contributed by atoms with Crippen LogP contribution in [-0.2, 0) is 4.79 Å². The van der Waals surface area contributed by atoms with E-state index in [9.17, 15) is 9.59 Å². The van der Waals surface area contributed by atoms with Crippen LogP contribution in [0.3, 0.4) is 0 Å². The number of carbonyl (C=O) groups excluding carboxylic acids is 2. The maximum atomic E-state index is 12.8. The molecule has 5 nitrogen and oxygen atoms in total. The molecule has 0 radical (unpaired) electrons. The third-order valence-electron chi connectivity index (χ3n) is 4.43. The zero-order valence-corrected chi connectivity index (χ0v) is 21.2. The van der Waals surface area contributed by atoms with Crippen molar-refractivity contribution < 1.29 is 19.1 Å². The predicted molar refractivity (Wildman–Crippen MR) is 134 cm³/mol. The van der Waals surface area contributed by atoms with Gasteiger partial charge in [-0.1, -0.05) is 70.7 Å². The lowest BCUT2D eigenvalue weighted by molar-refractivity contribution is -0.137. The number of aryl methyl sites for hydroxylation is 1. The van der Waals surface area contributed by atoms with Crippen molar-refractivity contribution in [2.45, 2.75) is 20.8 Å². The second-order valence-electron chi connectivity index (χ2n) is 7.51. The molecule has 0 aliphatic carbocycles. The van der Waals surface area contributed by atoms with E-state index >= 15 is 0 Å². The van der Waals surface area contributed by atoms with Gasteiger partial charge in [-0.15, -0.1) is 0 Å². The van der Waals surface area contributed by atoms with E-state index in [1.54, 1.807) is 62.4 Å². The van der Waals surface area contributed by atoms with Crippen LogP contribution < -0.4 is 9.47 Å². The molecule has 0 unspecified atom stereocenters. The Morgan fingerprint density at radius 3 is 2.45 bits per heavy atom. The molecule has 0 saturated heterocycles. The van der Waals surface area contributed by atoms with Crippen molar-refractivity contribution in [1.82, 2.24) is 0 Å². The average molecular weight is 549 g/mol. The molecule has 33 heavy (non-hydrogen) atoms. The number of hydrogen-bond donors (Lipinski definition) is 0. The minimum Gasteiger partial charge on any atom is -0.422 e. The van der Waals surface area contributed by atoms with Crippen molar-refractivity contribution in [1.29, 1.82) is 0 Å². The summed E-state index contributed by atoms with van der Waals surface area (Å²) >= 11 is 15.6. The van der Waals surface area contributed by atoms with E-state index < -0.39 is 17.9 Å². The molecule has 0 fully saturated rings. The average Bonchev–Trinajstić information content (AvgIpc) is 2.74. The maximum absolute atomic E-state index is 12.8. The van der Waals surface area contributed by atoms with Crippen LogP contribution in [-0.4, -0.2) is 18.2 Å². The molecule has 0 spiro atoms. The third-order valence-corrected chi connectivity index (χ3v) is 5.43. The molecule has 0 aliphatic heterocycles. The topological polar surface area (TPSA) is 65.0 Å². The number of esters is 2. The monoisotopic (exact) mass is 547 g/mol. The van der Waals surface area contributed by atoms with Crippen LogP contribution in [0.15, 0.2) is 64.1 Å². The van der Waals surface area contributed by atoms with Gasteiger partial charge in [-0.05, 0) is 49.4 Å². The van der Waals surface area contributed by atoms with Gasteiger partial charge >= 0.3 is 11.9 Å². The smallest absolute Gasteiger partial charge is 0.343 e. The Morgan fingerprint density at radius 1 is 1.03 bits per heavy atom. The molecule has 0 atom stereocenters. The highest BCUT2D eigenvalue weighted by Crippen LogP contribution is 2.36. The van der Waals surface area contributed by atoms with E-state index in [4.69, 9.17) is 32.7 Å². The summed E-state index contributed by atoms with van der Waals surface area (Å²) in [7, 11) is 0. The number of nitrogens with zero attached hydrogens (tertiary/aromatic N) is 1. The predicted octanol–water partition coefficient (Wildman–Crippen LogP) is 7.60. The highest BCUT2D eigenvalue weighted by atomic mass is 79.9. The molecule has 0 N–H and O–H groups in total. The van der Waals surface area contributed by atoms with Crippen LogP contribution in [0.1, 0.15) is 35.3 Å². The zero-order chi connectivity index (χ0) is 24.1. The first-order valence-electron chi connectivity index (χ1n) is 9.97. The summed E-state index contributed by atoms with van der Waals surface area (Å²) in [6.45, 7) is 5.30. The van der Waals surface area contributed by atoms with Crippen molar-refractivity contribution >= 4 is 63.0 Å².